The molecule has 0 spiro atoms. The number of hydrogen-bond donors (Lipinski definition) is 1. The van der Waals surface area contributed by atoms with Crippen LogP contribution in [0.25, 0.3) is 5.57 Å². The van der Waals surface area contributed by atoms with Gasteiger partial charge in [-0.25, -0.2) is 0 Å². The van der Waals surface area contributed by atoms with Crippen molar-refractivity contribution in [3.8, 4) is 0 Å². The fourth-order valence-corrected chi connectivity index (χ4v) is 2.80. The Morgan fingerprint density at radius 3 is 2.04 bits per heavy atom. The molecule has 0 amide bonds. The van der Waals surface area contributed by atoms with E-state index in [0.717, 1.165) is 27.8 Å². The van der Waals surface area contributed by atoms with Crippen LogP contribution in [0.4, 0.5) is 0 Å². The van der Waals surface area contributed by atoms with Gasteiger partial charge in [0, 0.05) is 6.42 Å². The van der Waals surface area contributed by atoms with E-state index in [2.05, 4.69) is 6.58 Å². The number of aliphatic hydroxyl groups is 1. The number of hydrogen-bond acceptors (Lipinski definition) is 1. The van der Waals surface area contributed by atoms with Crippen LogP contribution in [-0.4, -0.2) is 5.11 Å². The Morgan fingerprint density at radius 1 is 0.783 bits per heavy atom. The summed E-state index contributed by atoms with van der Waals surface area (Å²) in [7, 11) is 0. The van der Waals surface area contributed by atoms with E-state index in [1.807, 2.05) is 84.9 Å². The molecular formula is C22H20O. The third-order valence-corrected chi connectivity index (χ3v) is 4.04. The summed E-state index contributed by atoms with van der Waals surface area (Å²) in [5.74, 6) is 0. The molecule has 0 heterocycles. The Labute approximate surface area is 137 Å². The van der Waals surface area contributed by atoms with Crippen molar-refractivity contribution in [3.05, 3.63) is 114 Å². The van der Waals surface area contributed by atoms with Crippen molar-refractivity contribution in [2.45, 2.75) is 12.5 Å². The molecule has 0 bridgehead atoms. The minimum absolute atomic E-state index is 0.547. The van der Waals surface area contributed by atoms with Gasteiger partial charge >= 0.3 is 0 Å². The van der Waals surface area contributed by atoms with Crippen molar-refractivity contribution in [2.75, 3.05) is 0 Å². The molecule has 23 heavy (non-hydrogen) atoms. The normalized spacial score (nSPS) is 11.9. The van der Waals surface area contributed by atoms with Gasteiger partial charge < -0.3 is 5.11 Å². The van der Waals surface area contributed by atoms with Gasteiger partial charge in [-0.05, 0) is 27.8 Å². The van der Waals surface area contributed by atoms with E-state index in [-0.39, 0.29) is 0 Å². The molecule has 1 N–H and O–H groups in total. The lowest BCUT2D eigenvalue weighted by molar-refractivity contribution is 0.178. The van der Waals surface area contributed by atoms with Gasteiger partial charge in [-0.1, -0.05) is 91.5 Å². The fourth-order valence-electron chi connectivity index (χ4n) is 2.80. The van der Waals surface area contributed by atoms with Gasteiger partial charge in [-0.15, -0.1) is 0 Å². The minimum Gasteiger partial charge on any atom is -0.388 e. The van der Waals surface area contributed by atoms with Crippen LogP contribution in [0.3, 0.4) is 0 Å². The summed E-state index contributed by atoms with van der Waals surface area (Å²) >= 11 is 0. The zero-order valence-electron chi connectivity index (χ0n) is 13.0. The average Bonchev–Trinajstić information content (AvgIpc) is 2.62. The van der Waals surface area contributed by atoms with Gasteiger partial charge in [0.15, 0.2) is 0 Å². The van der Waals surface area contributed by atoms with Crippen molar-refractivity contribution in [1.29, 1.82) is 0 Å². The second-order valence-corrected chi connectivity index (χ2v) is 5.64. The first-order chi connectivity index (χ1) is 11.3. The first-order valence-electron chi connectivity index (χ1n) is 7.81. The quantitative estimate of drug-likeness (QED) is 0.701. The Kier molecular flexibility index (Phi) is 4.70. The highest BCUT2D eigenvalue weighted by atomic mass is 16.3. The average molecular weight is 300 g/mol. The fraction of sp³-hybridized carbons (Fsp3) is 0.0909. The summed E-state index contributed by atoms with van der Waals surface area (Å²) in [6.45, 7) is 4.23. The highest BCUT2D eigenvalue weighted by molar-refractivity contribution is 5.79. The van der Waals surface area contributed by atoms with E-state index >= 15 is 0 Å². The lowest BCUT2D eigenvalue weighted by atomic mass is 9.90. The van der Waals surface area contributed by atoms with Gasteiger partial charge in [0.2, 0.25) is 0 Å². The zero-order chi connectivity index (χ0) is 16.1. The summed E-state index contributed by atoms with van der Waals surface area (Å²) in [5, 5.41) is 10.7. The predicted octanol–water partition coefficient (Wildman–Crippen LogP) is 5.02. The molecule has 3 aromatic rings. The molecule has 114 valence electrons. The van der Waals surface area contributed by atoms with Crippen molar-refractivity contribution in [3.63, 3.8) is 0 Å². The summed E-state index contributed by atoms with van der Waals surface area (Å²) in [4.78, 5) is 0. The van der Waals surface area contributed by atoms with Crippen LogP contribution in [-0.2, 0) is 6.42 Å². The van der Waals surface area contributed by atoms with Crippen LogP contribution in [0.5, 0.6) is 0 Å². The van der Waals surface area contributed by atoms with E-state index in [1.54, 1.807) is 0 Å². The topological polar surface area (TPSA) is 20.2 Å². The molecule has 0 aliphatic rings. The lowest BCUT2D eigenvalue weighted by Crippen LogP contribution is -2.05. The Balaban J connectivity index is 1.90. The molecule has 0 aromatic heterocycles. The third-order valence-electron chi connectivity index (χ3n) is 4.04. The van der Waals surface area contributed by atoms with Gasteiger partial charge in [-0.2, -0.15) is 0 Å². The summed E-state index contributed by atoms with van der Waals surface area (Å²) in [6.07, 6.45) is 0.0500. The number of rotatable bonds is 5. The molecular weight excluding hydrogens is 280 g/mol. The maximum Gasteiger partial charge on any atom is 0.0836 e. The summed E-state index contributed by atoms with van der Waals surface area (Å²) < 4.78 is 0. The van der Waals surface area contributed by atoms with Crippen LogP contribution >= 0.6 is 0 Å². The van der Waals surface area contributed by atoms with E-state index in [9.17, 15) is 5.11 Å². The Hall–Kier alpha value is -2.64. The number of benzene rings is 3. The standard InChI is InChI=1S/C22H20O/c1-17(19-12-6-3-7-13-19)20-14-8-9-15-21(20)22(23)16-18-10-4-2-5-11-18/h2-15,22-23H,1,16H2. The van der Waals surface area contributed by atoms with E-state index in [4.69, 9.17) is 0 Å². The van der Waals surface area contributed by atoms with Gasteiger partial charge in [0.25, 0.3) is 0 Å². The first kappa shape index (κ1) is 15.3. The lowest BCUT2D eigenvalue weighted by Gasteiger charge is -2.17. The summed E-state index contributed by atoms with van der Waals surface area (Å²) in [6, 6.07) is 28.1. The molecule has 1 heteroatoms. The molecule has 0 radical (unpaired) electrons. The second-order valence-electron chi connectivity index (χ2n) is 5.64. The molecule has 0 saturated heterocycles. The van der Waals surface area contributed by atoms with E-state index < -0.39 is 6.10 Å². The zero-order valence-corrected chi connectivity index (χ0v) is 13.0. The molecule has 1 nitrogen and oxygen atoms in total. The smallest absolute Gasteiger partial charge is 0.0836 e. The van der Waals surface area contributed by atoms with E-state index in [1.165, 1.54) is 0 Å². The summed E-state index contributed by atoms with van der Waals surface area (Å²) in [5.41, 5.74) is 5.06. The van der Waals surface area contributed by atoms with Gasteiger partial charge in [-0.3, -0.25) is 0 Å². The van der Waals surface area contributed by atoms with Crippen LogP contribution in [0.1, 0.15) is 28.4 Å². The molecule has 1 unspecified atom stereocenters. The molecule has 0 aliphatic heterocycles. The van der Waals surface area contributed by atoms with Crippen LogP contribution in [0, 0.1) is 0 Å². The maximum atomic E-state index is 10.7. The maximum absolute atomic E-state index is 10.7. The molecule has 3 aromatic carbocycles. The monoisotopic (exact) mass is 300 g/mol. The highest BCUT2D eigenvalue weighted by Gasteiger charge is 2.15. The van der Waals surface area contributed by atoms with Crippen molar-refractivity contribution < 1.29 is 5.11 Å². The second kappa shape index (κ2) is 7.08. The van der Waals surface area contributed by atoms with E-state index in [0.29, 0.717) is 6.42 Å². The largest absolute Gasteiger partial charge is 0.388 e. The molecule has 0 fully saturated rings. The number of aliphatic hydroxyl groups excluding tert-OH is 1. The SMILES string of the molecule is C=C(c1ccccc1)c1ccccc1C(O)Cc1ccccc1. The van der Waals surface area contributed by atoms with Gasteiger partial charge in [0.1, 0.15) is 0 Å². The van der Waals surface area contributed by atoms with Crippen molar-refractivity contribution in [2.24, 2.45) is 0 Å². The Morgan fingerprint density at radius 2 is 1.35 bits per heavy atom. The molecule has 0 saturated carbocycles. The molecule has 1 atom stereocenters. The van der Waals surface area contributed by atoms with Crippen molar-refractivity contribution >= 4 is 5.57 Å². The molecule has 0 aliphatic carbocycles. The van der Waals surface area contributed by atoms with Gasteiger partial charge in [0.05, 0.1) is 6.10 Å². The predicted molar refractivity (Wildman–Crippen MR) is 96.1 cm³/mol. The first-order valence-corrected chi connectivity index (χ1v) is 7.81. The van der Waals surface area contributed by atoms with Crippen LogP contribution in [0.2, 0.25) is 0 Å². The molecule has 3 rings (SSSR count). The third kappa shape index (κ3) is 3.58. The minimum atomic E-state index is -0.547. The van der Waals surface area contributed by atoms with Crippen molar-refractivity contribution in [1.82, 2.24) is 0 Å². The van der Waals surface area contributed by atoms with Crippen LogP contribution in [0.15, 0.2) is 91.5 Å². The highest BCUT2D eigenvalue weighted by Crippen LogP contribution is 2.29. The Bertz CT molecular complexity index is 775. The van der Waals surface area contributed by atoms with Crippen LogP contribution < -0.4 is 0 Å².